The molecular weight excluding hydrogens is 288 g/mol. The molecule has 0 radical (unpaired) electrons. The Labute approximate surface area is 128 Å². The van der Waals surface area contributed by atoms with Crippen molar-refractivity contribution in [2.45, 2.75) is 25.0 Å². The summed E-state index contributed by atoms with van der Waals surface area (Å²) in [5, 5.41) is 0. The predicted molar refractivity (Wildman–Crippen MR) is 75.7 cm³/mol. The molecule has 0 bridgehead atoms. The molecule has 2 saturated heterocycles. The van der Waals surface area contributed by atoms with Crippen molar-refractivity contribution in [3.8, 4) is 0 Å². The van der Waals surface area contributed by atoms with E-state index in [0.29, 0.717) is 12.8 Å². The predicted octanol–water partition coefficient (Wildman–Crippen LogP) is 1.58. The zero-order chi connectivity index (χ0) is 15.4. The van der Waals surface area contributed by atoms with Gasteiger partial charge in [-0.15, -0.1) is 0 Å². The van der Waals surface area contributed by atoms with Gasteiger partial charge in [-0.2, -0.15) is 0 Å². The normalized spacial score (nSPS) is 22.0. The summed E-state index contributed by atoms with van der Waals surface area (Å²) in [5.74, 6) is -1.03. The minimum absolute atomic E-state index is 0.206. The second-order valence-electron chi connectivity index (χ2n) is 5.31. The average molecular weight is 306 g/mol. The highest BCUT2D eigenvalue weighted by molar-refractivity contribution is 6.03. The summed E-state index contributed by atoms with van der Waals surface area (Å²) in [6.45, 7) is 2.02. The molecule has 6 nitrogen and oxygen atoms in total. The second kappa shape index (κ2) is 6.89. The van der Waals surface area contributed by atoms with E-state index in [4.69, 9.17) is 18.9 Å². The number of rotatable bonds is 8. The summed E-state index contributed by atoms with van der Waals surface area (Å²) in [6, 6.07) is 6.51. The molecule has 1 aromatic rings. The quantitative estimate of drug-likeness (QED) is 0.536. The molecule has 0 saturated carbocycles. The molecule has 6 heteroatoms. The van der Waals surface area contributed by atoms with Gasteiger partial charge in [0.2, 0.25) is 0 Å². The third-order valence-corrected chi connectivity index (χ3v) is 3.52. The Morgan fingerprint density at radius 1 is 0.909 bits per heavy atom. The van der Waals surface area contributed by atoms with Gasteiger partial charge in [-0.1, -0.05) is 12.1 Å². The van der Waals surface area contributed by atoms with Crippen molar-refractivity contribution in [2.24, 2.45) is 0 Å². The van der Waals surface area contributed by atoms with Crippen LogP contribution < -0.4 is 0 Å². The lowest BCUT2D eigenvalue weighted by Crippen LogP contribution is -2.15. The van der Waals surface area contributed by atoms with Crippen LogP contribution in [-0.2, 0) is 18.9 Å². The first kappa shape index (κ1) is 15.0. The number of epoxide rings is 2. The van der Waals surface area contributed by atoms with Crippen molar-refractivity contribution < 1.29 is 28.5 Å². The lowest BCUT2D eigenvalue weighted by atomic mass is 10.1. The van der Waals surface area contributed by atoms with Gasteiger partial charge in [-0.05, 0) is 12.1 Å². The van der Waals surface area contributed by atoms with Crippen LogP contribution in [0.1, 0.15) is 33.6 Å². The number of carbonyl (C=O) groups excluding carboxylic acids is 2. The summed E-state index contributed by atoms with van der Waals surface area (Å²) in [4.78, 5) is 24.1. The molecule has 22 heavy (non-hydrogen) atoms. The van der Waals surface area contributed by atoms with Crippen molar-refractivity contribution in [2.75, 3.05) is 26.4 Å². The van der Waals surface area contributed by atoms with E-state index in [0.717, 1.165) is 13.2 Å². The fourth-order valence-electron chi connectivity index (χ4n) is 2.03. The highest BCUT2D eigenvalue weighted by atomic mass is 16.6. The van der Waals surface area contributed by atoms with Crippen molar-refractivity contribution in [1.29, 1.82) is 0 Å². The fraction of sp³-hybridized carbons (Fsp3) is 0.500. The first-order chi connectivity index (χ1) is 10.7. The van der Waals surface area contributed by atoms with E-state index in [-0.39, 0.29) is 36.5 Å². The molecule has 2 aliphatic heterocycles. The Hall–Kier alpha value is -1.92. The molecule has 2 fully saturated rings. The topological polar surface area (TPSA) is 77.7 Å². The zero-order valence-corrected chi connectivity index (χ0v) is 12.2. The molecule has 0 spiro atoms. The third kappa shape index (κ3) is 4.29. The first-order valence-corrected chi connectivity index (χ1v) is 7.40. The van der Waals surface area contributed by atoms with E-state index in [1.165, 1.54) is 0 Å². The van der Waals surface area contributed by atoms with Crippen molar-refractivity contribution in [3.63, 3.8) is 0 Å². The Morgan fingerprint density at radius 3 is 1.68 bits per heavy atom. The molecule has 0 amide bonds. The Morgan fingerprint density at radius 2 is 1.32 bits per heavy atom. The van der Waals surface area contributed by atoms with Crippen LogP contribution in [0.25, 0.3) is 0 Å². The lowest BCUT2D eigenvalue weighted by Gasteiger charge is -2.09. The molecule has 118 valence electrons. The first-order valence-electron chi connectivity index (χ1n) is 7.40. The largest absolute Gasteiger partial charge is 0.462 e. The van der Waals surface area contributed by atoms with Crippen LogP contribution in [0.4, 0.5) is 0 Å². The molecule has 2 atom stereocenters. The second-order valence-corrected chi connectivity index (χ2v) is 5.31. The molecule has 0 aromatic heterocycles. The Balaban J connectivity index is 1.54. The van der Waals surface area contributed by atoms with Gasteiger partial charge in [-0.3, -0.25) is 0 Å². The summed E-state index contributed by atoms with van der Waals surface area (Å²) in [6.07, 6.45) is 1.77. The molecule has 1 aromatic carbocycles. The maximum absolute atomic E-state index is 12.1. The summed E-state index contributed by atoms with van der Waals surface area (Å²) in [5.41, 5.74) is 0.457. The molecule has 0 N–H and O–H groups in total. The summed E-state index contributed by atoms with van der Waals surface area (Å²) in [7, 11) is 0. The van der Waals surface area contributed by atoms with E-state index < -0.39 is 11.9 Å². The van der Waals surface area contributed by atoms with Crippen LogP contribution in [0.5, 0.6) is 0 Å². The monoisotopic (exact) mass is 306 g/mol. The number of esters is 2. The van der Waals surface area contributed by atoms with Gasteiger partial charge in [-0.25, -0.2) is 9.59 Å². The van der Waals surface area contributed by atoms with Crippen LogP contribution >= 0.6 is 0 Å². The van der Waals surface area contributed by atoms with Crippen LogP contribution in [0.2, 0.25) is 0 Å². The van der Waals surface area contributed by atoms with Crippen LogP contribution in [0.3, 0.4) is 0 Å². The molecule has 3 rings (SSSR count). The summed E-state index contributed by atoms with van der Waals surface area (Å²) < 4.78 is 20.5. The average Bonchev–Trinajstić information content (AvgIpc) is 3.41. The van der Waals surface area contributed by atoms with Gasteiger partial charge in [0.05, 0.1) is 49.8 Å². The number of ether oxygens (including phenoxy) is 4. The van der Waals surface area contributed by atoms with Gasteiger partial charge in [0, 0.05) is 12.8 Å². The van der Waals surface area contributed by atoms with Crippen LogP contribution in [0, 0.1) is 0 Å². The van der Waals surface area contributed by atoms with E-state index in [1.54, 1.807) is 24.3 Å². The maximum atomic E-state index is 12.1. The number of hydrogen-bond donors (Lipinski definition) is 0. The van der Waals surface area contributed by atoms with E-state index in [9.17, 15) is 9.59 Å². The number of carbonyl (C=O) groups is 2. The molecular formula is C16H18O6. The SMILES string of the molecule is O=C(OCCC1CO1)c1ccccc1C(=O)OCCC1CO1. The molecule has 2 unspecified atom stereocenters. The standard InChI is InChI=1S/C16H18O6/c17-15(19-7-5-11-9-21-11)13-3-1-2-4-14(13)16(18)20-8-6-12-10-22-12/h1-4,11-12H,5-10H2. The minimum Gasteiger partial charge on any atom is -0.462 e. The van der Waals surface area contributed by atoms with Crippen molar-refractivity contribution in [3.05, 3.63) is 35.4 Å². The smallest absolute Gasteiger partial charge is 0.339 e. The third-order valence-electron chi connectivity index (χ3n) is 3.52. The Kier molecular flexibility index (Phi) is 4.70. The number of benzene rings is 1. The van der Waals surface area contributed by atoms with Gasteiger partial charge in [0.25, 0.3) is 0 Å². The zero-order valence-electron chi connectivity index (χ0n) is 12.2. The van der Waals surface area contributed by atoms with Gasteiger partial charge in [0.1, 0.15) is 0 Å². The maximum Gasteiger partial charge on any atom is 0.339 e. The lowest BCUT2D eigenvalue weighted by molar-refractivity contribution is 0.0445. The van der Waals surface area contributed by atoms with Crippen LogP contribution in [-0.4, -0.2) is 50.6 Å². The number of hydrogen-bond acceptors (Lipinski definition) is 6. The van der Waals surface area contributed by atoms with Gasteiger partial charge >= 0.3 is 11.9 Å². The van der Waals surface area contributed by atoms with E-state index in [2.05, 4.69) is 0 Å². The summed E-state index contributed by atoms with van der Waals surface area (Å²) >= 11 is 0. The highest BCUT2D eigenvalue weighted by Gasteiger charge is 2.25. The van der Waals surface area contributed by atoms with Crippen molar-refractivity contribution in [1.82, 2.24) is 0 Å². The van der Waals surface area contributed by atoms with Gasteiger partial charge < -0.3 is 18.9 Å². The minimum atomic E-state index is -0.515. The van der Waals surface area contributed by atoms with Crippen LogP contribution in [0.15, 0.2) is 24.3 Å². The molecule has 0 aliphatic carbocycles. The van der Waals surface area contributed by atoms with E-state index >= 15 is 0 Å². The molecule has 2 aliphatic rings. The Bertz CT molecular complexity index is 498. The van der Waals surface area contributed by atoms with E-state index in [1.807, 2.05) is 0 Å². The van der Waals surface area contributed by atoms with Gasteiger partial charge in [0.15, 0.2) is 0 Å². The molecule has 2 heterocycles. The fourth-order valence-corrected chi connectivity index (χ4v) is 2.03. The highest BCUT2D eigenvalue weighted by Crippen LogP contribution is 2.17. The van der Waals surface area contributed by atoms with Crippen molar-refractivity contribution >= 4 is 11.9 Å².